The van der Waals surface area contributed by atoms with Crippen LogP contribution < -0.4 is 15.8 Å². The van der Waals surface area contributed by atoms with Crippen molar-refractivity contribution < 1.29 is 4.74 Å². The van der Waals surface area contributed by atoms with Gasteiger partial charge in [-0.25, -0.2) is 4.98 Å². The van der Waals surface area contributed by atoms with Gasteiger partial charge in [-0.3, -0.25) is 0 Å². The highest BCUT2D eigenvalue weighted by Gasteiger charge is 2.04. The lowest BCUT2D eigenvalue weighted by atomic mass is 10.1. The van der Waals surface area contributed by atoms with Crippen molar-refractivity contribution in [3.63, 3.8) is 0 Å². The number of nitrogens with one attached hydrogen (secondary N) is 1. The van der Waals surface area contributed by atoms with E-state index < -0.39 is 0 Å². The van der Waals surface area contributed by atoms with E-state index in [9.17, 15) is 0 Å². The molecule has 0 unspecified atom stereocenters. The monoisotopic (exact) mass is 245 g/mol. The minimum atomic E-state index is 0.600. The van der Waals surface area contributed by atoms with E-state index >= 15 is 0 Å². The van der Waals surface area contributed by atoms with Gasteiger partial charge in [0.2, 0.25) is 0 Å². The smallest absolute Gasteiger partial charge is 0.129 e. The molecule has 0 bridgehead atoms. The topological polar surface area (TPSA) is 60.2 Å². The average Bonchev–Trinajstić information content (AvgIpc) is 2.37. The Morgan fingerprint density at radius 3 is 2.89 bits per heavy atom. The fraction of sp³-hybridized carbons (Fsp3) is 0.357. The number of nitrogens with zero attached hydrogens (tertiary/aromatic N) is 1. The van der Waals surface area contributed by atoms with Gasteiger partial charge in [0.05, 0.1) is 12.1 Å². The molecule has 2 aromatic rings. The number of hydrogen-bond acceptors (Lipinski definition) is 4. The summed E-state index contributed by atoms with van der Waals surface area (Å²) >= 11 is 0. The lowest BCUT2D eigenvalue weighted by Crippen LogP contribution is -2.14. The molecule has 0 radical (unpaired) electrons. The van der Waals surface area contributed by atoms with Gasteiger partial charge in [-0.15, -0.1) is 0 Å². The second-order valence-corrected chi connectivity index (χ2v) is 4.16. The Bertz CT molecular complexity index is 540. The van der Waals surface area contributed by atoms with Gasteiger partial charge >= 0.3 is 0 Å². The molecular weight excluding hydrogens is 226 g/mol. The second kappa shape index (κ2) is 5.69. The van der Waals surface area contributed by atoms with Gasteiger partial charge in [-0.1, -0.05) is 0 Å². The van der Waals surface area contributed by atoms with Crippen LogP contribution >= 0.6 is 0 Å². The van der Waals surface area contributed by atoms with Gasteiger partial charge in [0.1, 0.15) is 11.6 Å². The quantitative estimate of drug-likeness (QED) is 0.848. The van der Waals surface area contributed by atoms with E-state index in [1.807, 2.05) is 32.0 Å². The molecule has 3 N–H and O–H groups in total. The summed E-state index contributed by atoms with van der Waals surface area (Å²) in [7, 11) is 0. The van der Waals surface area contributed by atoms with Crippen LogP contribution in [-0.4, -0.2) is 24.7 Å². The van der Waals surface area contributed by atoms with Crippen LogP contribution in [0.15, 0.2) is 24.3 Å². The summed E-state index contributed by atoms with van der Waals surface area (Å²) in [6.45, 7) is 6.03. The third-order valence-corrected chi connectivity index (χ3v) is 2.72. The molecule has 1 aromatic heterocycles. The van der Waals surface area contributed by atoms with Gasteiger partial charge in [-0.2, -0.15) is 0 Å². The summed E-state index contributed by atoms with van der Waals surface area (Å²) in [4.78, 5) is 4.59. The predicted octanol–water partition coefficient (Wildman–Crippen LogP) is 2.31. The molecule has 2 rings (SSSR count). The molecular formula is C14H19N3O. The molecule has 0 fully saturated rings. The fourth-order valence-corrected chi connectivity index (χ4v) is 1.89. The molecule has 0 spiro atoms. The van der Waals surface area contributed by atoms with E-state index in [2.05, 4.69) is 16.4 Å². The highest BCUT2D eigenvalue weighted by Crippen LogP contribution is 2.23. The molecule has 96 valence electrons. The molecule has 1 aromatic carbocycles. The van der Waals surface area contributed by atoms with Gasteiger partial charge in [0.15, 0.2) is 0 Å². The summed E-state index contributed by atoms with van der Waals surface area (Å²) in [6, 6.07) is 8.06. The van der Waals surface area contributed by atoms with Crippen LogP contribution in [0.3, 0.4) is 0 Å². The maximum Gasteiger partial charge on any atom is 0.129 e. The van der Waals surface area contributed by atoms with Crippen molar-refractivity contribution in [2.75, 3.05) is 25.0 Å². The molecule has 0 saturated carbocycles. The largest absolute Gasteiger partial charge is 0.494 e. The SMILES string of the molecule is CCOc1ccc2nc(NCCN)c(C)cc2c1. The number of fused-ring (bicyclic) bond motifs is 1. The number of hydrogen-bond donors (Lipinski definition) is 2. The lowest BCUT2D eigenvalue weighted by Gasteiger charge is -2.10. The van der Waals surface area contributed by atoms with Crippen molar-refractivity contribution in [3.8, 4) is 5.75 Å². The summed E-state index contributed by atoms with van der Waals surface area (Å²) in [6.07, 6.45) is 0. The van der Waals surface area contributed by atoms with Crippen molar-refractivity contribution >= 4 is 16.7 Å². The number of aryl methyl sites for hydroxylation is 1. The van der Waals surface area contributed by atoms with E-state index in [1.165, 1.54) is 0 Å². The summed E-state index contributed by atoms with van der Waals surface area (Å²) in [5.74, 6) is 1.78. The van der Waals surface area contributed by atoms with Crippen molar-refractivity contribution in [1.29, 1.82) is 0 Å². The van der Waals surface area contributed by atoms with E-state index in [4.69, 9.17) is 10.5 Å². The van der Waals surface area contributed by atoms with Crippen molar-refractivity contribution in [1.82, 2.24) is 4.98 Å². The van der Waals surface area contributed by atoms with Crippen LogP contribution in [-0.2, 0) is 0 Å². The summed E-state index contributed by atoms with van der Waals surface area (Å²) in [5, 5.41) is 4.32. The zero-order valence-corrected chi connectivity index (χ0v) is 10.9. The molecule has 18 heavy (non-hydrogen) atoms. The number of pyridine rings is 1. The van der Waals surface area contributed by atoms with Crippen molar-refractivity contribution in [3.05, 3.63) is 29.8 Å². The Hall–Kier alpha value is -1.81. The van der Waals surface area contributed by atoms with E-state index in [1.54, 1.807) is 0 Å². The van der Waals surface area contributed by atoms with Crippen molar-refractivity contribution in [2.24, 2.45) is 5.73 Å². The molecule has 0 aliphatic rings. The Morgan fingerprint density at radius 1 is 1.33 bits per heavy atom. The normalized spacial score (nSPS) is 10.6. The fourth-order valence-electron chi connectivity index (χ4n) is 1.89. The van der Waals surface area contributed by atoms with E-state index in [0.29, 0.717) is 13.2 Å². The second-order valence-electron chi connectivity index (χ2n) is 4.16. The number of rotatable bonds is 5. The third-order valence-electron chi connectivity index (χ3n) is 2.72. The van der Waals surface area contributed by atoms with Crippen LogP contribution in [0.4, 0.5) is 5.82 Å². The Kier molecular flexibility index (Phi) is 3.99. The third kappa shape index (κ3) is 2.71. The first-order valence-corrected chi connectivity index (χ1v) is 6.22. The number of benzene rings is 1. The molecule has 0 saturated heterocycles. The summed E-state index contributed by atoms with van der Waals surface area (Å²) in [5.41, 5.74) is 7.56. The zero-order chi connectivity index (χ0) is 13.0. The first kappa shape index (κ1) is 12.6. The number of aromatic nitrogens is 1. The number of ether oxygens (including phenoxy) is 1. The average molecular weight is 245 g/mol. The predicted molar refractivity (Wildman–Crippen MR) is 75.2 cm³/mol. The molecule has 1 heterocycles. The number of anilines is 1. The van der Waals surface area contributed by atoms with E-state index in [-0.39, 0.29) is 0 Å². The van der Waals surface area contributed by atoms with Crippen LogP contribution in [0, 0.1) is 6.92 Å². The van der Waals surface area contributed by atoms with Crippen LogP contribution in [0.5, 0.6) is 5.75 Å². The van der Waals surface area contributed by atoms with Gasteiger partial charge < -0.3 is 15.8 Å². The van der Waals surface area contributed by atoms with Crippen LogP contribution in [0.25, 0.3) is 10.9 Å². The Balaban J connectivity index is 2.37. The van der Waals surface area contributed by atoms with Crippen LogP contribution in [0.1, 0.15) is 12.5 Å². The highest BCUT2D eigenvalue weighted by molar-refractivity contribution is 5.83. The lowest BCUT2D eigenvalue weighted by molar-refractivity contribution is 0.340. The maximum atomic E-state index is 5.49. The standard InChI is InChI=1S/C14H19N3O/c1-3-18-12-4-5-13-11(9-12)8-10(2)14(17-13)16-7-6-15/h4-5,8-9H,3,6-7,15H2,1-2H3,(H,16,17). The maximum absolute atomic E-state index is 5.49. The van der Waals surface area contributed by atoms with Gasteiger partial charge in [0, 0.05) is 18.5 Å². The first-order chi connectivity index (χ1) is 8.74. The molecule has 4 nitrogen and oxygen atoms in total. The molecule has 0 aliphatic heterocycles. The highest BCUT2D eigenvalue weighted by atomic mass is 16.5. The molecule has 0 amide bonds. The first-order valence-electron chi connectivity index (χ1n) is 6.22. The zero-order valence-electron chi connectivity index (χ0n) is 10.9. The molecule has 0 aliphatic carbocycles. The number of nitrogens with two attached hydrogens (primary N) is 1. The van der Waals surface area contributed by atoms with E-state index in [0.717, 1.165) is 34.6 Å². The summed E-state index contributed by atoms with van der Waals surface area (Å²) < 4.78 is 5.49. The molecule has 4 heteroatoms. The minimum Gasteiger partial charge on any atom is -0.494 e. The molecule has 0 atom stereocenters. The van der Waals surface area contributed by atoms with Gasteiger partial charge in [-0.05, 0) is 43.7 Å². The van der Waals surface area contributed by atoms with Crippen molar-refractivity contribution in [2.45, 2.75) is 13.8 Å². The van der Waals surface area contributed by atoms with Gasteiger partial charge in [0.25, 0.3) is 0 Å². The van der Waals surface area contributed by atoms with Crippen LogP contribution in [0.2, 0.25) is 0 Å². The Morgan fingerprint density at radius 2 is 2.17 bits per heavy atom. The minimum absolute atomic E-state index is 0.600. The Labute approximate surface area is 107 Å².